The smallest absolute Gasteiger partial charge is 0.338 e. The van der Waals surface area contributed by atoms with Crippen molar-refractivity contribution in [2.75, 3.05) is 18.9 Å². The normalized spacial score (nSPS) is 18.9. The van der Waals surface area contributed by atoms with Gasteiger partial charge in [0.15, 0.2) is 18.0 Å². The Morgan fingerprint density at radius 2 is 1.95 bits per heavy atom. The number of urea groups is 1. The minimum absolute atomic E-state index is 0.0753. The second-order valence-corrected chi connectivity index (χ2v) is 9.16. The maximum absolute atomic E-state index is 13.3. The fourth-order valence-electron chi connectivity index (χ4n) is 4.41. The summed E-state index contributed by atoms with van der Waals surface area (Å²) in [5.41, 5.74) is -0.747. The predicted molar refractivity (Wildman–Crippen MR) is 131 cm³/mol. The lowest BCUT2D eigenvalue weighted by atomic mass is 10.1. The van der Waals surface area contributed by atoms with Gasteiger partial charge in [0.05, 0.1) is 24.1 Å². The van der Waals surface area contributed by atoms with Crippen LogP contribution >= 0.6 is 0 Å². The third-order valence-electron chi connectivity index (χ3n) is 6.35. The third-order valence-corrected chi connectivity index (χ3v) is 6.35. The Morgan fingerprint density at radius 3 is 2.65 bits per heavy atom. The molecule has 5 heterocycles. The van der Waals surface area contributed by atoms with Gasteiger partial charge in [-0.3, -0.25) is 19.5 Å². The second kappa shape index (κ2) is 10.0. The van der Waals surface area contributed by atoms with Gasteiger partial charge in [0.1, 0.15) is 12.4 Å². The summed E-state index contributed by atoms with van der Waals surface area (Å²) in [6.07, 6.45) is -2.83. The van der Waals surface area contributed by atoms with E-state index in [0.717, 1.165) is 11.0 Å². The van der Waals surface area contributed by atoms with Gasteiger partial charge in [-0.25, -0.2) is 14.8 Å². The van der Waals surface area contributed by atoms with E-state index in [9.17, 15) is 27.6 Å². The number of alkyl halides is 3. The molecular formula is C24H22F3N9O4. The van der Waals surface area contributed by atoms with Gasteiger partial charge in [0, 0.05) is 24.5 Å². The Balaban J connectivity index is 1.29. The van der Waals surface area contributed by atoms with Gasteiger partial charge in [0.2, 0.25) is 11.8 Å². The van der Waals surface area contributed by atoms with Gasteiger partial charge in [-0.2, -0.15) is 18.2 Å². The molecule has 1 saturated heterocycles. The monoisotopic (exact) mass is 557 g/mol. The van der Waals surface area contributed by atoms with Crippen LogP contribution in [0, 0.1) is 13.8 Å². The number of aromatic nitrogens is 4. The van der Waals surface area contributed by atoms with E-state index in [0.29, 0.717) is 5.82 Å². The van der Waals surface area contributed by atoms with Crippen molar-refractivity contribution in [3.05, 3.63) is 53.4 Å². The molecule has 3 aromatic heterocycles. The van der Waals surface area contributed by atoms with E-state index in [4.69, 9.17) is 4.52 Å². The van der Waals surface area contributed by atoms with Crippen LogP contribution in [0.25, 0.3) is 11.3 Å². The van der Waals surface area contributed by atoms with Crippen LogP contribution in [0.3, 0.4) is 0 Å². The fraction of sp³-hybridized carbons (Fsp3) is 0.333. The van der Waals surface area contributed by atoms with Crippen LogP contribution in [0.2, 0.25) is 0 Å². The molecule has 0 saturated carbocycles. The van der Waals surface area contributed by atoms with Crippen molar-refractivity contribution in [2.45, 2.75) is 38.8 Å². The lowest BCUT2D eigenvalue weighted by Crippen LogP contribution is -2.64. The molecule has 208 valence electrons. The number of imide groups is 1. The lowest BCUT2D eigenvalue weighted by molar-refractivity contribution is -0.139. The number of halogens is 3. The number of rotatable bonds is 6. The molecule has 3 aromatic rings. The molecule has 13 nitrogen and oxygen atoms in total. The number of carbonyl (C=O) groups is 3. The number of hydrogen-bond acceptors (Lipinski definition) is 10. The number of fused-ring (bicyclic) bond motifs is 1. The Bertz CT molecular complexity index is 1520. The van der Waals surface area contributed by atoms with Gasteiger partial charge < -0.3 is 19.6 Å². The van der Waals surface area contributed by atoms with E-state index < -0.39 is 41.8 Å². The molecule has 0 radical (unpaired) electrons. The van der Waals surface area contributed by atoms with Crippen LogP contribution in [0.5, 0.6) is 0 Å². The minimum Gasteiger partial charge on any atom is -0.338 e. The van der Waals surface area contributed by atoms with Gasteiger partial charge in [-0.05, 0) is 32.0 Å². The fourth-order valence-corrected chi connectivity index (χ4v) is 4.41. The summed E-state index contributed by atoms with van der Waals surface area (Å²) in [5, 5.41) is 6.24. The van der Waals surface area contributed by atoms with Crippen LogP contribution in [0.15, 0.2) is 40.0 Å². The molecule has 0 bridgehead atoms. The van der Waals surface area contributed by atoms with Crippen molar-refractivity contribution >= 4 is 30.0 Å². The number of anilines is 1. The quantitative estimate of drug-likeness (QED) is 0.481. The summed E-state index contributed by atoms with van der Waals surface area (Å²) >= 11 is 0. The zero-order valence-corrected chi connectivity index (χ0v) is 21.4. The van der Waals surface area contributed by atoms with Crippen LogP contribution in [0.4, 0.5) is 23.8 Å². The van der Waals surface area contributed by atoms with Crippen molar-refractivity contribution in [2.24, 2.45) is 4.99 Å². The summed E-state index contributed by atoms with van der Waals surface area (Å²) in [5.74, 6) is -0.660. The maximum Gasteiger partial charge on any atom is 0.418 e. The first-order valence-electron chi connectivity index (χ1n) is 11.9. The van der Waals surface area contributed by atoms with E-state index in [2.05, 4.69) is 30.4 Å². The molecule has 40 heavy (non-hydrogen) atoms. The van der Waals surface area contributed by atoms with E-state index in [1.165, 1.54) is 54.5 Å². The van der Waals surface area contributed by atoms with Crippen molar-refractivity contribution in [3.8, 4) is 11.3 Å². The van der Waals surface area contributed by atoms with Crippen LogP contribution < -0.4 is 5.32 Å². The maximum atomic E-state index is 13.3. The molecule has 0 aliphatic carbocycles. The van der Waals surface area contributed by atoms with E-state index >= 15 is 0 Å². The average Bonchev–Trinajstić information content (AvgIpc) is 3.51. The molecule has 16 heteroatoms. The largest absolute Gasteiger partial charge is 0.418 e. The van der Waals surface area contributed by atoms with Crippen molar-refractivity contribution < 1.29 is 32.1 Å². The zero-order chi connectivity index (χ0) is 28.8. The molecular weight excluding hydrogens is 535 g/mol. The SMILES string of the molecule is Cc1noc(CN2C(=O)C3C(N=CN3CC(=O)Nc3cccc(-c4cnc(C)c(C(F)(F)F)c4)n3)N(C)C2=O)n1. The Hall–Kier alpha value is -4.89. The molecule has 0 aromatic carbocycles. The number of aliphatic imine (C=N–C) groups is 1. The summed E-state index contributed by atoms with van der Waals surface area (Å²) in [6, 6.07) is 3.86. The lowest BCUT2D eigenvalue weighted by Gasteiger charge is -2.40. The number of nitrogens with zero attached hydrogens (tertiary/aromatic N) is 8. The molecule has 1 N–H and O–H groups in total. The number of nitrogens with one attached hydrogen (secondary N) is 1. The second-order valence-electron chi connectivity index (χ2n) is 9.16. The molecule has 2 atom stereocenters. The molecule has 2 unspecified atom stereocenters. The minimum atomic E-state index is -4.58. The highest BCUT2D eigenvalue weighted by Crippen LogP contribution is 2.33. The topological polar surface area (TPSA) is 150 Å². The average molecular weight is 557 g/mol. The summed E-state index contributed by atoms with van der Waals surface area (Å²) in [6.45, 7) is 2.30. The van der Waals surface area contributed by atoms with Gasteiger partial charge in [-0.1, -0.05) is 11.2 Å². The number of hydrogen-bond donors (Lipinski definition) is 1. The van der Waals surface area contributed by atoms with E-state index in [-0.39, 0.29) is 41.7 Å². The molecule has 4 amide bonds. The van der Waals surface area contributed by atoms with Crippen molar-refractivity contribution in [1.82, 2.24) is 34.8 Å². The Labute approximate surface area is 224 Å². The third kappa shape index (κ3) is 5.06. The summed E-state index contributed by atoms with van der Waals surface area (Å²) in [7, 11) is 1.49. The molecule has 2 aliphatic heterocycles. The number of aryl methyl sites for hydroxylation is 2. The molecule has 0 spiro atoms. The highest BCUT2D eigenvalue weighted by atomic mass is 19.4. The van der Waals surface area contributed by atoms with E-state index in [1.807, 2.05) is 0 Å². The number of pyridine rings is 2. The van der Waals surface area contributed by atoms with Gasteiger partial charge in [0.25, 0.3) is 5.91 Å². The Kier molecular flexibility index (Phi) is 6.69. The van der Waals surface area contributed by atoms with Crippen molar-refractivity contribution in [3.63, 3.8) is 0 Å². The first kappa shape index (κ1) is 26.7. The predicted octanol–water partition coefficient (Wildman–Crippen LogP) is 2.23. The summed E-state index contributed by atoms with van der Waals surface area (Å²) < 4.78 is 45.0. The van der Waals surface area contributed by atoms with Gasteiger partial charge in [-0.15, -0.1) is 0 Å². The first-order valence-corrected chi connectivity index (χ1v) is 11.9. The van der Waals surface area contributed by atoms with Crippen LogP contribution in [-0.4, -0.2) is 84.8 Å². The number of carbonyl (C=O) groups excluding carboxylic acids is 3. The van der Waals surface area contributed by atoms with E-state index in [1.54, 1.807) is 6.92 Å². The molecule has 5 rings (SSSR count). The summed E-state index contributed by atoms with van der Waals surface area (Å²) in [4.78, 5) is 58.9. The van der Waals surface area contributed by atoms with Crippen LogP contribution in [-0.2, 0) is 22.3 Å². The standard InChI is InChI=1S/C24H22F3N9O4/c1-12-15(24(25,26)27)7-14(8-28-12)16-5-4-6-17(31-16)32-18(37)9-35-11-29-21-20(35)22(38)36(23(39)34(21)3)10-19-30-13(2)33-40-19/h4-8,11,20-21H,9-10H2,1-3H3,(H,31,32,37). The number of amides is 4. The van der Waals surface area contributed by atoms with Crippen LogP contribution in [0.1, 0.15) is 23.0 Å². The van der Waals surface area contributed by atoms with Crippen molar-refractivity contribution in [1.29, 1.82) is 0 Å². The highest BCUT2D eigenvalue weighted by Gasteiger charge is 2.50. The number of likely N-dealkylation sites (N-methyl/N-ethyl adjacent to an activating group) is 1. The molecule has 1 fully saturated rings. The molecule has 2 aliphatic rings. The Morgan fingerprint density at radius 1 is 1.18 bits per heavy atom. The first-order chi connectivity index (χ1) is 18.9. The zero-order valence-electron chi connectivity index (χ0n) is 21.4. The highest BCUT2D eigenvalue weighted by molar-refractivity contribution is 6.03. The van der Waals surface area contributed by atoms with Gasteiger partial charge >= 0.3 is 12.2 Å².